The van der Waals surface area contributed by atoms with Crippen molar-refractivity contribution in [3.8, 4) is 0 Å². The van der Waals surface area contributed by atoms with Crippen molar-refractivity contribution in [1.29, 1.82) is 0 Å². The molecule has 1 aliphatic heterocycles. The maximum Gasteiger partial charge on any atom is 0.222 e. The highest BCUT2D eigenvalue weighted by atomic mass is 32.1. The minimum absolute atomic E-state index is 0.246. The van der Waals surface area contributed by atoms with Gasteiger partial charge in [0.1, 0.15) is 0 Å². The zero-order valence-corrected chi connectivity index (χ0v) is 14.2. The smallest absolute Gasteiger partial charge is 0.222 e. The third-order valence-corrected chi connectivity index (χ3v) is 5.83. The topological polar surface area (TPSA) is 29.5 Å². The number of carbonyl (C=O) groups is 1. The summed E-state index contributed by atoms with van der Waals surface area (Å²) in [6.07, 6.45) is 9.61. The van der Waals surface area contributed by atoms with E-state index in [2.05, 4.69) is 17.5 Å². The molecule has 2 fully saturated rings. The Morgan fingerprint density at radius 3 is 2.82 bits per heavy atom. The van der Waals surface area contributed by atoms with E-state index in [4.69, 9.17) is 4.74 Å². The normalized spacial score (nSPS) is 22.3. The molecule has 1 amide bonds. The Morgan fingerprint density at radius 1 is 1.27 bits per heavy atom. The Hall–Kier alpha value is -0.870. The van der Waals surface area contributed by atoms with Gasteiger partial charge in [-0.25, -0.2) is 0 Å². The second kappa shape index (κ2) is 8.11. The number of carbonyl (C=O) groups excluding carboxylic acids is 1. The molecule has 1 saturated heterocycles. The predicted octanol–water partition coefficient (Wildman–Crippen LogP) is 4.23. The summed E-state index contributed by atoms with van der Waals surface area (Å²) < 4.78 is 5.74. The molecule has 22 heavy (non-hydrogen) atoms. The molecule has 0 radical (unpaired) electrons. The van der Waals surface area contributed by atoms with E-state index in [0.29, 0.717) is 12.3 Å². The van der Waals surface area contributed by atoms with Crippen LogP contribution in [-0.2, 0) is 16.1 Å². The molecule has 1 unspecified atom stereocenters. The van der Waals surface area contributed by atoms with E-state index in [1.54, 1.807) is 11.3 Å². The second-order valence-electron chi connectivity index (χ2n) is 6.68. The highest BCUT2D eigenvalue weighted by Crippen LogP contribution is 2.29. The van der Waals surface area contributed by atoms with Gasteiger partial charge in [-0.3, -0.25) is 4.79 Å². The number of hydrogen-bond acceptors (Lipinski definition) is 3. The Balaban J connectivity index is 1.54. The van der Waals surface area contributed by atoms with E-state index in [0.717, 1.165) is 44.9 Å². The van der Waals surface area contributed by atoms with Gasteiger partial charge in [-0.15, -0.1) is 11.3 Å². The lowest BCUT2D eigenvalue weighted by Gasteiger charge is -2.25. The van der Waals surface area contributed by atoms with Crippen LogP contribution in [0.2, 0.25) is 0 Å². The number of rotatable bonds is 7. The van der Waals surface area contributed by atoms with E-state index in [1.165, 1.54) is 30.6 Å². The van der Waals surface area contributed by atoms with Crippen molar-refractivity contribution in [2.24, 2.45) is 5.92 Å². The summed E-state index contributed by atoms with van der Waals surface area (Å²) in [5, 5.41) is 2.09. The van der Waals surface area contributed by atoms with Crippen LogP contribution in [0.25, 0.3) is 0 Å². The summed E-state index contributed by atoms with van der Waals surface area (Å²) in [5.74, 6) is 1.10. The lowest BCUT2D eigenvalue weighted by molar-refractivity contribution is -0.133. The Morgan fingerprint density at radius 2 is 2.14 bits per heavy atom. The lowest BCUT2D eigenvalue weighted by atomic mass is 10.0. The average Bonchev–Trinajstić information content (AvgIpc) is 3.27. The molecule has 1 aliphatic carbocycles. The van der Waals surface area contributed by atoms with Crippen LogP contribution in [0.5, 0.6) is 0 Å². The number of thiophene rings is 1. The van der Waals surface area contributed by atoms with E-state index in [9.17, 15) is 4.79 Å². The fraction of sp³-hybridized carbons (Fsp3) is 0.722. The molecule has 3 rings (SSSR count). The summed E-state index contributed by atoms with van der Waals surface area (Å²) in [6.45, 7) is 2.37. The third kappa shape index (κ3) is 4.56. The van der Waals surface area contributed by atoms with Gasteiger partial charge >= 0.3 is 0 Å². The van der Waals surface area contributed by atoms with Crippen LogP contribution >= 0.6 is 11.3 Å². The van der Waals surface area contributed by atoms with Gasteiger partial charge in [-0.1, -0.05) is 31.7 Å². The zero-order chi connectivity index (χ0) is 15.2. The summed E-state index contributed by atoms with van der Waals surface area (Å²) in [4.78, 5) is 16.0. The highest BCUT2D eigenvalue weighted by molar-refractivity contribution is 7.09. The zero-order valence-electron chi connectivity index (χ0n) is 13.3. The average molecular weight is 321 g/mol. The lowest BCUT2D eigenvalue weighted by Crippen LogP contribution is -2.36. The van der Waals surface area contributed by atoms with Gasteiger partial charge in [0, 0.05) is 24.4 Å². The molecule has 0 N–H and O–H groups in total. The summed E-state index contributed by atoms with van der Waals surface area (Å²) in [6, 6.07) is 4.19. The van der Waals surface area contributed by atoms with Crippen molar-refractivity contribution in [3.63, 3.8) is 0 Å². The van der Waals surface area contributed by atoms with Crippen LogP contribution in [0.1, 0.15) is 56.2 Å². The molecule has 0 aromatic carbocycles. The molecule has 4 heteroatoms. The monoisotopic (exact) mass is 321 g/mol. The maximum atomic E-state index is 12.7. The Labute approximate surface area is 137 Å². The molecule has 122 valence electrons. The first-order valence-corrected chi connectivity index (χ1v) is 9.61. The number of ether oxygens (including phenoxy) is 1. The van der Waals surface area contributed by atoms with Gasteiger partial charge in [0.05, 0.1) is 12.6 Å². The van der Waals surface area contributed by atoms with E-state index < -0.39 is 0 Å². The Bertz CT molecular complexity index is 448. The molecule has 0 spiro atoms. The molecule has 2 aliphatic rings. The van der Waals surface area contributed by atoms with Crippen molar-refractivity contribution >= 4 is 17.2 Å². The van der Waals surface area contributed by atoms with Crippen LogP contribution in [0.15, 0.2) is 17.5 Å². The molecule has 0 bridgehead atoms. The minimum Gasteiger partial charge on any atom is -0.376 e. The van der Waals surface area contributed by atoms with Crippen LogP contribution in [0, 0.1) is 5.92 Å². The molecule has 1 atom stereocenters. The van der Waals surface area contributed by atoms with Crippen molar-refractivity contribution in [2.45, 2.75) is 64.0 Å². The van der Waals surface area contributed by atoms with Crippen LogP contribution < -0.4 is 0 Å². The van der Waals surface area contributed by atoms with Crippen LogP contribution in [0.4, 0.5) is 0 Å². The first kappa shape index (κ1) is 16.0. The SMILES string of the molecule is O=C(CCC1CCCC1)N(Cc1cccs1)CC1CCCO1. The second-order valence-corrected chi connectivity index (χ2v) is 7.71. The standard InChI is InChI=1S/C18H27NO2S/c20-18(10-9-15-5-1-2-6-15)19(13-16-7-3-11-21-16)14-17-8-4-12-22-17/h4,8,12,15-16H,1-3,5-7,9-11,13-14H2. The van der Waals surface area contributed by atoms with Gasteiger partial charge in [-0.05, 0) is 36.6 Å². The fourth-order valence-electron chi connectivity index (χ4n) is 3.66. The molecular formula is C18H27NO2S. The summed E-state index contributed by atoms with van der Waals surface area (Å²) in [7, 11) is 0. The van der Waals surface area contributed by atoms with Gasteiger partial charge in [0.2, 0.25) is 5.91 Å². The summed E-state index contributed by atoms with van der Waals surface area (Å²) >= 11 is 1.74. The van der Waals surface area contributed by atoms with Gasteiger partial charge in [-0.2, -0.15) is 0 Å². The summed E-state index contributed by atoms with van der Waals surface area (Å²) in [5.41, 5.74) is 0. The van der Waals surface area contributed by atoms with Gasteiger partial charge < -0.3 is 9.64 Å². The number of hydrogen-bond donors (Lipinski definition) is 0. The van der Waals surface area contributed by atoms with E-state index in [-0.39, 0.29) is 6.10 Å². The molecule has 1 saturated carbocycles. The van der Waals surface area contributed by atoms with Crippen LogP contribution in [-0.4, -0.2) is 30.1 Å². The molecular weight excluding hydrogens is 294 g/mol. The predicted molar refractivity (Wildman–Crippen MR) is 89.9 cm³/mol. The van der Waals surface area contributed by atoms with Gasteiger partial charge in [0.15, 0.2) is 0 Å². The third-order valence-electron chi connectivity index (χ3n) is 4.97. The first-order chi connectivity index (χ1) is 10.8. The van der Waals surface area contributed by atoms with E-state index >= 15 is 0 Å². The molecule has 3 nitrogen and oxygen atoms in total. The van der Waals surface area contributed by atoms with Crippen molar-refractivity contribution in [1.82, 2.24) is 4.90 Å². The highest BCUT2D eigenvalue weighted by Gasteiger charge is 2.24. The van der Waals surface area contributed by atoms with Crippen molar-refractivity contribution in [3.05, 3.63) is 22.4 Å². The van der Waals surface area contributed by atoms with Gasteiger partial charge in [0.25, 0.3) is 0 Å². The number of amides is 1. The van der Waals surface area contributed by atoms with Crippen molar-refractivity contribution in [2.75, 3.05) is 13.2 Å². The quantitative estimate of drug-likeness (QED) is 0.752. The van der Waals surface area contributed by atoms with E-state index in [1.807, 2.05) is 4.90 Å². The molecule has 2 heterocycles. The molecule has 1 aromatic heterocycles. The van der Waals surface area contributed by atoms with Crippen molar-refractivity contribution < 1.29 is 9.53 Å². The molecule has 1 aromatic rings. The Kier molecular flexibility index (Phi) is 5.90. The minimum atomic E-state index is 0.246. The maximum absolute atomic E-state index is 12.7. The van der Waals surface area contributed by atoms with Crippen LogP contribution in [0.3, 0.4) is 0 Å². The first-order valence-electron chi connectivity index (χ1n) is 8.73. The fourth-order valence-corrected chi connectivity index (χ4v) is 4.38. The number of nitrogens with zero attached hydrogens (tertiary/aromatic N) is 1. The largest absolute Gasteiger partial charge is 0.376 e.